The van der Waals surface area contributed by atoms with Gasteiger partial charge in [0.2, 0.25) is 0 Å². The van der Waals surface area contributed by atoms with Crippen LogP contribution in [0.25, 0.3) is 0 Å². The molecular formula is C14H18ClNO. The van der Waals surface area contributed by atoms with Crippen molar-refractivity contribution in [2.75, 3.05) is 6.61 Å². The lowest BCUT2D eigenvalue weighted by atomic mass is 10.2. The zero-order chi connectivity index (χ0) is 12.3. The van der Waals surface area contributed by atoms with E-state index in [1.807, 2.05) is 19.1 Å². The van der Waals surface area contributed by atoms with Gasteiger partial charge in [-0.15, -0.1) is 0 Å². The second kappa shape index (κ2) is 5.56. The Balaban J connectivity index is 1.92. The number of hydrogen-bond donors (Lipinski definition) is 1. The van der Waals surface area contributed by atoms with Gasteiger partial charge in [0.05, 0.1) is 5.02 Å². The summed E-state index contributed by atoms with van der Waals surface area (Å²) < 4.78 is 5.54. The first-order valence-electron chi connectivity index (χ1n) is 5.94. The number of nitrogens with one attached hydrogen (secondary N) is 1. The van der Waals surface area contributed by atoms with Crippen LogP contribution in [0.15, 0.2) is 30.4 Å². The van der Waals surface area contributed by atoms with Crippen molar-refractivity contribution in [3.05, 3.63) is 40.9 Å². The molecule has 1 N–H and O–H groups in total. The van der Waals surface area contributed by atoms with E-state index >= 15 is 0 Å². The molecule has 1 aliphatic carbocycles. The summed E-state index contributed by atoms with van der Waals surface area (Å²) >= 11 is 6.16. The highest BCUT2D eigenvalue weighted by molar-refractivity contribution is 6.32. The van der Waals surface area contributed by atoms with Crippen LogP contribution in [-0.4, -0.2) is 12.6 Å². The van der Waals surface area contributed by atoms with Gasteiger partial charge in [0.15, 0.2) is 0 Å². The summed E-state index contributed by atoms with van der Waals surface area (Å²) in [6.07, 6.45) is 2.60. The number of rotatable bonds is 6. The highest BCUT2D eigenvalue weighted by atomic mass is 35.5. The van der Waals surface area contributed by atoms with Crippen LogP contribution >= 0.6 is 11.6 Å². The van der Waals surface area contributed by atoms with Crippen LogP contribution in [0.2, 0.25) is 5.02 Å². The fourth-order valence-electron chi connectivity index (χ4n) is 1.52. The Kier molecular flexibility index (Phi) is 4.08. The van der Waals surface area contributed by atoms with Crippen LogP contribution in [0.3, 0.4) is 0 Å². The molecule has 0 spiro atoms. The SMILES string of the molecule is C=C(C)COc1ccc(CNC2CC2)cc1Cl. The highest BCUT2D eigenvalue weighted by Crippen LogP contribution is 2.26. The molecule has 0 heterocycles. The van der Waals surface area contributed by atoms with Crippen LogP contribution < -0.4 is 10.1 Å². The maximum atomic E-state index is 6.16. The summed E-state index contributed by atoms with van der Waals surface area (Å²) in [6.45, 7) is 7.12. The van der Waals surface area contributed by atoms with Crippen molar-refractivity contribution in [3.8, 4) is 5.75 Å². The van der Waals surface area contributed by atoms with Crippen LogP contribution in [-0.2, 0) is 6.54 Å². The summed E-state index contributed by atoms with van der Waals surface area (Å²) in [5.74, 6) is 0.727. The third kappa shape index (κ3) is 4.06. The lowest BCUT2D eigenvalue weighted by Gasteiger charge is -2.09. The molecule has 17 heavy (non-hydrogen) atoms. The Morgan fingerprint density at radius 3 is 2.88 bits per heavy atom. The van der Waals surface area contributed by atoms with E-state index in [2.05, 4.69) is 18.0 Å². The van der Waals surface area contributed by atoms with Gasteiger partial charge in [-0.3, -0.25) is 0 Å². The lowest BCUT2D eigenvalue weighted by Crippen LogP contribution is -2.15. The average molecular weight is 252 g/mol. The van der Waals surface area contributed by atoms with Crippen molar-refractivity contribution in [2.24, 2.45) is 0 Å². The lowest BCUT2D eigenvalue weighted by molar-refractivity contribution is 0.353. The van der Waals surface area contributed by atoms with Crippen molar-refractivity contribution < 1.29 is 4.74 Å². The minimum Gasteiger partial charge on any atom is -0.488 e. The van der Waals surface area contributed by atoms with Gasteiger partial charge in [-0.05, 0) is 43.0 Å². The summed E-state index contributed by atoms with van der Waals surface area (Å²) in [6, 6.07) is 6.66. The summed E-state index contributed by atoms with van der Waals surface area (Å²) in [7, 11) is 0. The first-order chi connectivity index (χ1) is 8.15. The number of benzene rings is 1. The minimum absolute atomic E-state index is 0.513. The zero-order valence-corrected chi connectivity index (χ0v) is 10.9. The fraction of sp³-hybridized carbons (Fsp3) is 0.429. The monoisotopic (exact) mass is 251 g/mol. The third-order valence-electron chi connectivity index (χ3n) is 2.64. The van der Waals surface area contributed by atoms with E-state index in [9.17, 15) is 0 Å². The highest BCUT2D eigenvalue weighted by Gasteiger charge is 2.19. The molecule has 0 aromatic heterocycles. The third-order valence-corrected chi connectivity index (χ3v) is 2.94. The normalized spacial score (nSPS) is 14.7. The molecule has 0 amide bonds. The molecule has 1 aromatic rings. The molecule has 2 rings (SSSR count). The molecule has 0 atom stereocenters. The molecule has 3 heteroatoms. The smallest absolute Gasteiger partial charge is 0.138 e. The van der Waals surface area contributed by atoms with Gasteiger partial charge in [0.25, 0.3) is 0 Å². The van der Waals surface area contributed by atoms with E-state index in [0.717, 1.165) is 17.9 Å². The maximum Gasteiger partial charge on any atom is 0.138 e. The average Bonchev–Trinajstić information content (AvgIpc) is 3.08. The molecule has 0 radical (unpaired) electrons. The molecule has 0 saturated heterocycles. The predicted octanol–water partition coefficient (Wildman–Crippen LogP) is 3.55. The number of halogens is 1. The maximum absolute atomic E-state index is 6.16. The molecule has 0 bridgehead atoms. The van der Waals surface area contributed by atoms with Gasteiger partial charge in [-0.1, -0.05) is 24.2 Å². The predicted molar refractivity (Wildman–Crippen MR) is 71.6 cm³/mol. The van der Waals surface area contributed by atoms with Gasteiger partial charge >= 0.3 is 0 Å². The van der Waals surface area contributed by atoms with E-state index in [4.69, 9.17) is 16.3 Å². The van der Waals surface area contributed by atoms with Crippen molar-refractivity contribution >= 4 is 11.6 Å². The van der Waals surface area contributed by atoms with E-state index in [1.54, 1.807) is 0 Å². The molecule has 0 unspecified atom stereocenters. The standard InChI is InChI=1S/C14H18ClNO/c1-10(2)9-17-14-6-3-11(7-13(14)15)8-16-12-4-5-12/h3,6-7,12,16H,1,4-5,8-9H2,2H3. The fourth-order valence-corrected chi connectivity index (χ4v) is 1.78. The molecule has 2 nitrogen and oxygen atoms in total. The Labute approximate surface area is 108 Å². The molecule has 1 aliphatic rings. The van der Waals surface area contributed by atoms with Gasteiger partial charge in [-0.2, -0.15) is 0 Å². The second-order valence-electron chi connectivity index (χ2n) is 4.67. The summed E-state index contributed by atoms with van der Waals surface area (Å²) in [5.41, 5.74) is 2.19. The molecule has 0 aliphatic heterocycles. The van der Waals surface area contributed by atoms with Crippen molar-refractivity contribution in [1.29, 1.82) is 0 Å². The van der Waals surface area contributed by atoms with Crippen molar-refractivity contribution in [2.45, 2.75) is 32.4 Å². The molecule has 1 fully saturated rings. The Hall–Kier alpha value is -0.990. The van der Waals surface area contributed by atoms with Gasteiger partial charge in [0, 0.05) is 12.6 Å². The molecule has 92 valence electrons. The molecule has 1 aromatic carbocycles. The van der Waals surface area contributed by atoms with Crippen LogP contribution in [0.5, 0.6) is 5.75 Å². The van der Waals surface area contributed by atoms with E-state index in [-0.39, 0.29) is 0 Å². The van der Waals surface area contributed by atoms with Gasteiger partial charge in [0.1, 0.15) is 12.4 Å². The molecular weight excluding hydrogens is 234 g/mol. The molecule has 1 saturated carbocycles. The number of ether oxygens (including phenoxy) is 1. The van der Waals surface area contributed by atoms with Crippen LogP contribution in [0.4, 0.5) is 0 Å². The van der Waals surface area contributed by atoms with E-state index < -0.39 is 0 Å². The van der Waals surface area contributed by atoms with Crippen LogP contribution in [0, 0.1) is 0 Å². The Morgan fingerprint density at radius 2 is 2.29 bits per heavy atom. The van der Waals surface area contributed by atoms with Crippen molar-refractivity contribution in [3.63, 3.8) is 0 Å². The largest absolute Gasteiger partial charge is 0.488 e. The second-order valence-corrected chi connectivity index (χ2v) is 5.07. The number of hydrogen-bond acceptors (Lipinski definition) is 2. The van der Waals surface area contributed by atoms with E-state index in [0.29, 0.717) is 17.7 Å². The minimum atomic E-state index is 0.513. The Morgan fingerprint density at radius 1 is 1.53 bits per heavy atom. The van der Waals surface area contributed by atoms with E-state index in [1.165, 1.54) is 18.4 Å². The van der Waals surface area contributed by atoms with Crippen molar-refractivity contribution in [1.82, 2.24) is 5.32 Å². The van der Waals surface area contributed by atoms with Crippen LogP contribution in [0.1, 0.15) is 25.3 Å². The topological polar surface area (TPSA) is 21.3 Å². The summed E-state index contributed by atoms with van der Waals surface area (Å²) in [5, 5.41) is 4.12. The zero-order valence-electron chi connectivity index (χ0n) is 10.1. The van der Waals surface area contributed by atoms with Gasteiger partial charge in [-0.25, -0.2) is 0 Å². The first-order valence-corrected chi connectivity index (χ1v) is 6.32. The van der Waals surface area contributed by atoms with Gasteiger partial charge < -0.3 is 10.1 Å². The first kappa shape index (κ1) is 12.5. The quantitative estimate of drug-likeness (QED) is 0.781. The Bertz CT molecular complexity index is 413. The summed E-state index contributed by atoms with van der Waals surface area (Å²) in [4.78, 5) is 0.